The third-order valence-corrected chi connectivity index (χ3v) is 4.03. The Morgan fingerprint density at radius 3 is 2.78 bits per heavy atom. The van der Waals surface area contributed by atoms with E-state index in [1.165, 1.54) is 0 Å². The van der Waals surface area contributed by atoms with Crippen molar-refractivity contribution < 1.29 is 14.6 Å². The molecule has 2 unspecified atom stereocenters. The molecule has 1 aliphatic rings. The Hall–Kier alpha value is -1.20. The molecule has 5 heteroatoms. The Bertz CT molecular complexity index is 401. The molecule has 2 atom stereocenters. The first kappa shape index (κ1) is 13.2. The molecule has 98 valence electrons. The Morgan fingerprint density at radius 2 is 2.22 bits per heavy atom. The molecule has 1 aliphatic heterocycles. The molecule has 1 fully saturated rings. The van der Waals surface area contributed by atoms with Crippen LogP contribution in [-0.2, 0) is 4.79 Å². The summed E-state index contributed by atoms with van der Waals surface area (Å²) in [4.78, 5) is 10.6. The van der Waals surface area contributed by atoms with Gasteiger partial charge in [-0.3, -0.25) is 4.79 Å². The van der Waals surface area contributed by atoms with Gasteiger partial charge in [-0.05, 0) is 29.9 Å². The number of carboxylic acids is 1. The lowest BCUT2D eigenvalue weighted by Gasteiger charge is -2.14. The lowest BCUT2D eigenvalue weighted by molar-refractivity contribution is -0.137. The minimum Gasteiger partial charge on any atom is -0.490 e. The number of thioether (sulfide) groups is 1. The van der Waals surface area contributed by atoms with Crippen LogP contribution in [0.2, 0.25) is 0 Å². The van der Waals surface area contributed by atoms with Crippen LogP contribution in [-0.4, -0.2) is 28.7 Å². The average Bonchev–Trinajstić information content (AvgIpc) is 2.82. The SMILES string of the molecule is NC(CC(=O)O)c1ccc(OC2CCSC2)cc1. The number of nitrogens with two attached hydrogens (primary N) is 1. The lowest BCUT2D eigenvalue weighted by Crippen LogP contribution is -2.16. The van der Waals surface area contributed by atoms with Crippen molar-refractivity contribution in [2.75, 3.05) is 11.5 Å². The minimum atomic E-state index is -0.884. The van der Waals surface area contributed by atoms with Crippen molar-refractivity contribution in [3.8, 4) is 5.75 Å². The summed E-state index contributed by atoms with van der Waals surface area (Å²) in [5.41, 5.74) is 6.61. The summed E-state index contributed by atoms with van der Waals surface area (Å²) >= 11 is 1.91. The number of aliphatic carboxylic acids is 1. The van der Waals surface area contributed by atoms with Crippen molar-refractivity contribution in [1.29, 1.82) is 0 Å². The average molecular weight is 267 g/mol. The first-order chi connectivity index (χ1) is 8.65. The zero-order chi connectivity index (χ0) is 13.0. The predicted molar refractivity (Wildman–Crippen MR) is 72.0 cm³/mol. The van der Waals surface area contributed by atoms with Crippen molar-refractivity contribution in [2.24, 2.45) is 5.73 Å². The van der Waals surface area contributed by atoms with E-state index < -0.39 is 12.0 Å². The van der Waals surface area contributed by atoms with Crippen molar-refractivity contribution >= 4 is 17.7 Å². The zero-order valence-electron chi connectivity index (χ0n) is 10.0. The quantitative estimate of drug-likeness (QED) is 0.854. The van der Waals surface area contributed by atoms with Crippen molar-refractivity contribution in [1.82, 2.24) is 0 Å². The van der Waals surface area contributed by atoms with Crippen molar-refractivity contribution in [3.05, 3.63) is 29.8 Å². The number of rotatable bonds is 5. The summed E-state index contributed by atoms with van der Waals surface area (Å²) in [6.07, 6.45) is 1.33. The molecule has 1 saturated heterocycles. The molecule has 0 bridgehead atoms. The van der Waals surface area contributed by atoms with Gasteiger partial charge in [0.2, 0.25) is 0 Å². The van der Waals surface area contributed by atoms with Gasteiger partial charge in [0.05, 0.1) is 6.42 Å². The third-order valence-electron chi connectivity index (χ3n) is 2.89. The molecule has 1 aromatic rings. The second-order valence-corrected chi connectivity index (χ2v) is 5.53. The van der Waals surface area contributed by atoms with E-state index in [9.17, 15) is 4.79 Å². The minimum absolute atomic E-state index is 0.0561. The van der Waals surface area contributed by atoms with E-state index in [1.54, 1.807) is 0 Å². The first-order valence-corrected chi connectivity index (χ1v) is 7.12. The molecule has 4 nitrogen and oxygen atoms in total. The molecule has 0 amide bonds. The molecular formula is C13H17NO3S. The fourth-order valence-corrected chi connectivity index (χ4v) is 2.99. The Balaban J connectivity index is 1.94. The summed E-state index contributed by atoms with van der Waals surface area (Å²) in [6.45, 7) is 0. The summed E-state index contributed by atoms with van der Waals surface area (Å²) in [6, 6.07) is 6.94. The highest BCUT2D eigenvalue weighted by molar-refractivity contribution is 7.99. The Labute approximate surface area is 111 Å². The molecule has 0 aromatic heterocycles. The van der Waals surface area contributed by atoms with Gasteiger partial charge in [-0.15, -0.1) is 0 Å². The zero-order valence-corrected chi connectivity index (χ0v) is 10.9. The first-order valence-electron chi connectivity index (χ1n) is 5.97. The monoisotopic (exact) mass is 267 g/mol. The lowest BCUT2D eigenvalue weighted by atomic mass is 10.0. The Morgan fingerprint density at radius 1 is 1.50 bits per heavy atom. The molecule has 0 saturated carbocycles. The van der Waals surface area contributed by atoms with Crippen LogP contribution in [0, 0.1) is 0 Å². The van der Waals surface area contributed by atoms with Crippen molar-refractivity contribution in [2.45, 2.75) is 25.0 Å². The van der Waals surface area contributed by atoms with E-state index in [0.717, 1.165) is 29.2 Å². The van der Waals surface area contributed by atoms with Gasteiger partial charge in [0.15, 0.2) is 0 Å². The van der Waals surface area contributed by atoms with E-state index in [4.69, 9.17) is 15.6 Å². The van der Waals surface area contributed by atoms with Crippen LogP contribution >= 0.6 is 11.8 Å². The van der Waals surface area contributed by atoms with Gasteiger partial charge < -0.3 is 15.6 Å². The second kappa shape index (κ2) is 6.11. The molecular weight excluding hydrogens is 250 g/mol. The second-order valence-electron chi connectivity index (χ2n) is 4.38. The molecule has 3 N–H and O–H groups in total. The summed E-state index contributed by atoms with van der Waals surface area (Å²) in [7, 11) is 0. The van der Waals surface area contributed by atoms with Gasteiger partial charge in [0.25, 0.3) is 0 Å². The van der Waals surface area contributed by atoms with Crippen molar-refractivity contribution in [3.63, 3.8) is 0 Å². The predicted octanol–water partition coefficient (Wildman–Crippen LogP) is 2.05. The maximum Gasteiger partial charge on any atom is 0.305 e. The van der Waals surface area contributed by atoms with Crippen LogP contribution in [0.25, 0.3) is 0 Å². The topological polar surface area (TPSA) is 72.6 Å². The highest BCUT2D eigenvalue weighted by atomic mass is 32.2. The van der Waals surface area contributed by atoms with E-state index in [1.807, 2.05) is 36.0 Å². The smallest absolute Gasteiger partial charge is 0.305 e. The highest BCUT2D eigenvalue weighted by Gasteiger charge is 2.17. The van der Waals surface area contributed by atoms with Gasteiger partial charge in [-0.1, -0.05) is 12.1 Å². The summed E-state index contributed by atoms with van der Waals surface area (Å²) in [5, 5.41) is 8.68. The van der Waals surface area contributed by atoms with E-state index >= 15 is 0 Å². The molecule has 0 spiro atoms. The highest BCUT2D eigenvalue weighted by Crippen LogP contribution is 2.24. The van der Waals surface area contributed by atoms with Gasteiger partial charge in [-0.2, -0.15) is 11.8 Å². The molecule has 1 aromatic carbocycles. The molecule has 18 heavy (non-hydrogen) atoms. The van der Waals surface area contributed by atoms with Crippen LogP contribution < -0.4 is 10.5 Å². The van der Waals surface area contributed by atoms with Crippen LogP contribution in [0.3, 0.4) is 0 Å². The maximum atomic E-state index is 10.6. The van der Waals surface area contributed by atoms with E-state index in [2.05, 4.69) is 0 Å². The van der Waals surface area contributed by atoms with Gasteiger partial charge >= 0.3 is 5.97 Å². The Kier molecular flexibility index (Phi) is 4.49. The normalized spacial score (nSPS) is 20.6. The number of carbonyl (C=O) groups is 1. The number of hydrogen-bond acceptors (Lipinski definition) is 4. The fraction of sp³-hybridized carbons (Fsp3) is 0.462. The molecule has 2 rings (SSSR count). The van der Waals surface area contributed by atoms with Crippen LogP contribution in [0.1, 0.15) is 24.4 Å². The molecule has 0 aliphatic carbocycles. The third kappa shape index (κ3) is 3.65. The van der Waals surface area contributed by atoms with Gasteiger partial charge in [0.1, 0.15) is 11.9 Å². The van der Waals surface area contributed by atoms with E-state index in [-0.39, 0.29) is 6.42 Å². The van der Waals surface area contributed by atoms with E-state index in [0.29, 0.717) is 6.10 Å². The van der Waals surface area contributed by atoms with Crippen LogP contribution in [0.4, 0.5) is 0 Å². The van der Waals surface area contributed by atoms with Crippen LogP contribution in [0.15, 0.2) is 24.3 Å². The fourth-order valence-electron chi connectivity index (χ4n) is 1.90. The molecule has 0 radical (unpaired) electrons. The largest absolute Gasteiger partial charge is 0.490 e. The van der Waals surface area contributed by atoms with Gasteiger partial charge in [-0.25, -0.2) is 0 Å². The number of hydrogen-bond donors (Lipinski definition) is 2. The summed E-state index contributed by atoms with van der Waals surface area (Å²) in [5.74, 6) is 2.14. The summed E-state index contributed by atoms with van der Waals surface area (Å²) < 4.78 is 5.81. The van der Waals surface area contributed by atoms with Gasteiger partial charge in [0, 0.05) is 11.8 Å². The number of ether oxygens (including phenoxy) is 1. The number of benzene rings is 1. The standard InChI is InChI=1S/C13H17NO3S/c14-12(7-13(15)16)9-1-3-10(4-2-9)17-11-5-6-18-8-11/h1-4,11-12H,5-8,14H2,(H,15,16). The van der Waals surface area contributed by atoms with Crippen LogP contribution in [0.5, 0.6) is 5.75 Å². The number of carboxylic acid groups (broad SMARTS) is 1. The molecule has 1 heterocycles. The maximum absolute atomic E-state index is 10.6.